The maximum absolute atomic E-state index is 12.1. The second-order valence-electron chi connectivity index (χ2n) is 3.93. The predicted molar refractivity (Wildman–Crippen MR) is 68.0 cm³/mol. The van der Waals surface area contributed by atoms with Crippen molar-refractivity contribution in [1.82, 2.24) is 9.97 Å². The molecule has 0 saturated carbocycles. The quantitative estimate of drug-likeness (QED) is 0.590. The molecule has 1 aromatic rings. The van der Waals surface area contributed by atoms with Gasteiger partial charge >= 0.3 is 0 Å². The Labute approximate surface area is 107 Å². The van der Waals surface area contributed by atoms with E-state index in [2.05, 4.69) is 9.97 Å². The van der Waals surface area contributed by atoms with E-state index in [0.717, 1.165) is 18.5 Å². The monoisotopic (exact) mass is 276 g/mol. The minimum Gasteiger partial charge on any atom is -0.241 e. The molecule has 96 valence electrons. The summed E-state index contributed by atoms with van der Waals surface area (Å²) in [6.45, 7) is 3.67. The summed E-state index contributed by atoms with van der Waals surface area (Å²) in [4.78, 5) is 7.90. The van der Waals surface area contributed by atoms with Gasteiger partial charge in [-0.05, 0) is 25.8 Å². The summed E-state index contributed by atoms with van der Waals surface area (Å²) in [5, 5.41) is -0.405. The van der Waals surface area contributed by atoms with Crippen molar-refractivity contribution in [3.8, 4) is 0 Å². The van der Waals surface area contributed by atoms with Gasteiger partial charge in [-0.2, -0.15) is 0 Å². The third-order valence-electron chi connectivity index (χ3n) is 2.54. The highest BCUT2D eigenvalue weighted by Gasteiger charge is 2.24. The smallest absolute Gasteiger partial charge is 0.198 e. The van der Waals surface area contributed by atoms with E-state index in [0.29, 0.717) is 12.3 Å². The molecular weight excluding hydrogens is 260 g/mol. The molecule has 1 rings (SSSR count). The van der Waals surface area contributed by atoms with Crippen molar-refractivity contribution in [3.05, 3.63) is 18.1 Å². The van der Waals surface area contributed by atoms with Gasteiger partial charge in [-0.15, -0.1) is 11.6 Å². The fourth-order valence-corrected chi connectivity index (χ4v) is 3.23. The van der Waals surface area contributed by atoms with Crippen LogP contribution in [0.4, 0.5) is 0 Å². The van der Waals surface area contributed by atoms with Crippen LogP contribution in [0.15, 0.2) is 17.4 Å². The van der Waals surface area contributed by atoms with Crippen LogP contribution in [0.2, 0.25) is 0 Å². The van der Waals surface area contributed by atoms with E-state index in [-0.39, 0.29) is 5.03 Å². The van der Waals surface area contributed by atoms with Gasteiger partial charge in [0, 0.05) is 11.6 Å². The molecule has 17 heavy (non-hydrogen) atoms. The summed E-state index contributed by atoms with van der Waals surface area (Å²) in [5.41, 5.74) is 0.763. The Kier molecular flexibility index (Phi) is 5.33. The minimum atomic E-state index is -3.38. The SMILES string of the molecule is CCCc1cc(S(=O)(=O)C(C)CCCl)ncn1. The van der Waals surface area contributed by atoms with E-state index >= 15 is 0 Å². The largest absolute Gasteiger partial charge is 0.241 e. The Morgan fingerprint density at radius 2 is 2.12 bits per heavy atom. The average molecular weight is 277 g/mol. The maximum Gasteiger partial charge on any atom is 0.198 e. The van der Waals surface area contributed by atoms with Gasteiger partial charge in [-0.3, -0.25) is 0 Å². The number of sulfone groups is 1. The molecule has 0 spiro atoms. The van der Waals surface area contributed by atoms with Crippen molar-refractivity contribution < 1.29 is 8.42 Å². The lowest BCUT2D eigenvalue weighted by Crippen LogP contribution is -2.20. The number of hydrogen-bond donors (Lipinski definition) is 0. The fourth-order valence-electron chi connectivity index (χ4n) is 1.44. The first-order valence-corrected chi connectivity index (χ1v) is 7.71. The summed E-state index contributed by atoms with van der Waals surface area (Å²) in [5.74, 6) is 0.327. The summed E-state index contributed by atoms with van der Waals surface area (Å²) in [6, 6.07) is 1.56. The lowest BCUT2D eigenvalue weighted by Gasteiger charge is -2.11. The zero-order chi connectivity index (χ0) is 12.9. The fraction of sp³-hybridized carbons (Fsp3) is 0.636. The molecule has 0 saturated heterocycles. The van der Waals surface area contributed by atoms with Gasteiger partial charge in [0.15, 0.2) is 14.9 Å². The van der Waals surface area contributed by atoms with Crippen molar-refractivity contribution in [1.29, 1.82) is 0 Å². The van der Waals surface area contributed by atoms with E-state index < -0.39 is 15.1 Å². The molecule has 6 heteroatoms. The first-order chi connectivity index (χ1) is 8.02. The molecule has 0 bridgehead atoms. The number of nitrogens with zero attached hydrogens (tertiary/aromatic N) is 2. The normalized spacial score (nSPS) is 13.6. The molecule has 0 N–H and O–H groups in total. The Bertz CT molecular complexity index is 462. The van der Waals surface area contributed by atoms with Gasteiger partial charge in [-0.25, -0.2) is 18.4 Å². The van der Waals surface area contributed by atoms with Crippen LogP contribution < -0.4 is 0 Å². The summed E-state index contributed by atoms with van der Waals surface area (Å²) in [7, 11) is -3.38. The summed E-state index contributed by atoms with van der Waals surface area (Å²) >= 11 is 5.57. The molecule has 1 aromatic heterocycles. The number of hydrogen-bond acceptors (Lipinski definition) is 4. The molecule has 0 fully saturated rings. The van der Waals surface area contributed by atoms with Gasteiger partial charge < -0.3 is 0 Å². The molecule has 1 unspecified atom stereocenters. The van der Waals surface area contributed by atoms with Gasteiger partial charge in [0.25, 0.3) is 0 Å². The lowest BCUT2D eigenvalue weighted by molar-refractivity contribution is 0.576. The molecule has 0 radical (unpaired) electrons. The van der Waals surface area contributed by atoms with E-state index in [9.17, 15) is 8.42 Å². The first kappa shape index (κ1) is 14.4. The second kappa shape index (κ2) is 6.31. The number of halogens is 1. The van der Waals surface area contributed by atoms with Crippen molar-refractivity contribution in [2.24, 2.45) is 0 Å². The Morgan fingerprint density at radius 3 is 2.71 bits per heavy atom. The molecule has 0 aliphatic heterocycles. The maximum atomic E-state index is 12.1. The summed E-state index contributed by atoms with van der Waals surface area (Å²) in [6.07, 6.45) is 3.42. The number of rotatable bonds is 6. The van der Waals surface area contributed by atoms with Crippen molar-refractivity contribution in [2.45, 2.75) is 43.4 Å². The van der Waals surface area contributed by atoms with Crippen LogP contribution >= 0.6 is 11.6 Å². The average Bonchev–Trinajstić information content (AvgIpc) is 2.30. The number of alkyl halides is 1. The summed E-state index contributed by atoms with van der Waals surface area (Å²) < 4.78 is 24.3. The van der Waals surface area contributed by atoms with Gasteiger partial charge in [-0.1, -0.05) is 13.3 Å². The molecule has 4 nitrogen and oxygen atoms in total. The molecular formula is C11H17ClN2O2S. The van der Waals surface area contributed by atoms with Crippen molar-refractivity contribution in [2.75, 3.05) is 5.88 Å². The van der Waals surface area contributed by atoms with Crippen LogP contribution in [0.3, 0.4) is 0 Å². The third kappa shape index (κ3) is 3.64. The Balaban J connectivity index is 3.02. The van der Waals surface area contributed by atoms with Crippen LogP contribution in [-0.2, 0) is 16.3 Å². The standard InChI is InChI=1S/C11H17ClN2O2S/c1-3-4-10-7-11(14-8-13-10)17(15,16)9(2)5-6-12/h7-9H,3-6H2,1-2H3. The first-order valence-electron chi connectivity index (χ1n) is 5.63. The van der Waals surface area contributed by atoms with Crippen LogP contribution in [-0.4, -0.2) is 29.5 Å². The molecule has 0 aliphatic carbocycles. The van der Waals surface area contributed by atoms with Crippen LogP contribution in [0.25, 0.3) is 0 Å². The third-order valence-corrected chi connectivity index (χ3v) is 4.86. The van der Waals surface area contributed by atoms with E-state index in [1.54, 1.807) is 13.0 Å². The lowest BCUT2D eigenvalue weighted by atomic mass is 10.2. The van der Waals surface area contributed by atoms with Crippen LogP contribution in [0.5, 0.6) is 0 Å². The van der Waals surface area contributed by atoms with Crippen molar-refractivity contribution in [3.63, 3.8) is 0 Å². The number of aryl methyl sites for hydroxylation is 1. The molecule has 1 atom stereocenters. The zero-order valence-corrected chi connectivity index (χ0v) is 11.6. The topological polar surface area (TPSA) is 59.9 Å². The second-order valence-corrected chi connectivity index (χ2v) is 6.62. The minimum absolute atomic E-state index is 0.105. The highest BCUT2D eigenvalue weighted by molar-refractivity contribution is 7.92. The van der Waals surface area contributed by atoms with E-state index in [1.807, 2.05) is 6.92 Å². The Hall–Kier alpha value is -0.680. The van der Waals surface area contributed by atoms with Gasteiger partial charge in [0.2, 0.25) is 0 Å². The van der Waals surface area contributed by atoms with Gasteiger partial charge in [0.05, 0.1) is 5.25 Å². The van der Waals surface area contributed by atoms with E-state index in [4.69, 9.17) is 11.6 Å². The van der Waals surface area contributed by atoms with Crippen LogP contribution in [0.1, 0.15) is 32.4 Å². The highest BCUT2D eigenvalue weighted by atomic mass is 35.5. The van der Waals surface area contributed by atoms with Gasteiger partial charge in [0.1, 0.15) is 6.33 Å². The molecule has 1 heterocycles. The van der Waals surface area contributed by atoms with Crippen molar-refractivity contribution >= 4 is 21.4 Å². The molecule has 0 aromatic carbocycles. The predicted octanol–water partition coefficient (Wildman–Crippen LogP) is 2.22. The highest BCUT2D eigenvalue weighted by Crippen LogP contribution is 2.17. The number of aromatic nitrogens is 2. The molecule has 0 amide bonds. The van der Waals surface area contributed by atoms with Crippen LogP contribution in [0, 0.1) is 0 Å². The zero-order valence-electron chi connectivity index (χ0n) is 10.1. The molecule has 0 aliphatic rings. The Morgan fingerprint density at radius 1 is 1.41 bits per heavy atom. The van der Waals surface area contributed by atoms with E-state index in [1.165, 1.54) is 6.33 Å².